The highest BCUT2D eigenvalue weighted by molar-refractivity contribution is 7.09. The maximum atomic E-state index is 5.91. The number of nitrogens with two attached hydrogens (primary N) is 1. The minimum absolute atomic E-state index is 0.113. The fourth-order valence-corrected chi connectivity index (χ4v) is 2.93. The first kappa shape index (κ1) is 14.2. The predicted octanol–water partition coefficient (Wildman–Crippen LogP) is 2.74. The van der Waals surface area contributed by atoms with E-state index in [9.17, 15) is 0 Å². The van der Waals surface area contributed by atoms with Crippen LogP contribution in [-0.4, -0.2) is 23.5 Å². The van der Waals surface area contributed by atoms with Gasteiger partial charge in [0.15, 0.2) is 0 Å². The SMILES string of the molecule is CCc1ccc(C(CN)N(C)Cc2scnc2C)o1. The summed E-state index contributed by atoms with van der Waals surface area (Å²) in [6.07, 6.45) is 0.912. The Morgan fingerprint density at radius 1 is 1.47 bits per heavy atom. The largest absolute Gasteiger partial charge is 0.464 e. The van der Waals surface area contributed by atoms with Gasteiger partial charge in [0.1, 0.15) is 11.5 Å². The van der Waals surface area contributed by atoms with Crippen molar-refractivity contribution >= 4 is 11.3 Å². The lowest BCUT2D eigenvalue weighted by molar-refractivity contribution is 0.211. The normalized spacial score (nSPS) is 13.1. The molecule has 0 saturated heterocycles. The molecule has 2 aromatic rings. The second-order valence-electron chi connectivity index (χ2n) is 4.69. The molecule has 2 heterocycles. The monoisotopic (exact) mass is 279 g/mol. The highest BCUT2D eigenvalue weighted by atomic mass is 32.1. The van der Waals surface area contributed by atoms with E-state index in [1.807, 2.05) is 24.6 Å². The second-order valence-corrected chi connectivity index (χ2v) is 5.62. The van der Waals surface area contributed by atoms with Gasteiger partial charge in [0.2, 0.25) is 0 Å². The molecule has 0 radical (unpaired) electrons. The summed E-state index contributed by atoms with van der Waals surface area (Å²) in [7, 11) is 2.07. The Bertz CT molecular complexity index is 520. The minimum Gasteiger partial charge on any atom is -0.464 e. The molecule has 4 nitrogen and oxygen atoms in total. The third kappa shape index (κ3) is 3.23. The Hall–Kier alpha value is -1.17. The maximum absolute atomic E-state index is 5.91. The Balaban J connectivity index is 2.10. The fraction of sp³-hybridized carbons (Fsp3) is 0.500. The Labute approximate surface area is 118 Å². The van der Waals surface area contributed by atoms with E-state index < -0.39 is 0 Å². The molecule has 0 fully saturated rings. The number of hydrogen-bond acceptors (Lipinski definition) is 5. The van der Waals surface area contributed by atoms with Gasteiger partial charge in [-0.1, -0.05) is 6.92 Å². The molecule has 0 aliphatic rings. The molecule has 0 spiro atoms. The molecule has 5 heteroatoms. The molecular formula is C14H21N3OS. The Kier molecular flexibility index (Phi) is 4.74. The van der Waals surface area contributed by atoms with Crippen LogP contribution in [0.2, 0.25) is 0 Å². The van der Waals surface area contributed by atoms with Crippen LogP contribution in [0, 0.1) is 6.92 Å². The van der Waals surface area contributed by atoms with Crippen LogP contribution in [0.3, 0.4) is 0 Å². The summed E-state index contributed by atoms with van der Waals surface area (Å²) in [4.78, 5) is 7.78. The molecule has 0 bridgehead atoms. The number of hydrogen-bond donors (Lipinski definition) is 1. The van der Waals surface area contributed by atoms with Crippen LogP contribution in [0.15, 0.2) is 22.1 Å². The van der Waals surface area contributed by atoms with Crippen LogP contribution in [-0.2, 0) is 13.0 Å². The van der Waals surface area contributed by atoms with E-state index in [4.69, 9.17) is 10.2 Å². The van der Waals surface area contributed by atoms with Crippen LogP contribution in [0.4, 0.5) is 0 Å². The van der Waals surface area contributed by atoms with Gasteiger partial charge >= 0.3 is 0 Å². The molecule has 0 aliphatic heterocycles. The zero-order valence-corrected chi connectivity index (χ0v) is 12.5. The molecular weight excluding hydrogens is 258 g/mol. The Morgan fingerprint density at radius 3 is 2.79 bits per heavy atom. The van der Waals surface area contributed by atoms with Crippen molar-refractivity contribution in [2.24, 2.45) is 5.73 Å². The summed E-state index contributed by atoms with van der Waals surface area (Å²) in [5.41, 5.74) is 8.89. The van der Waals surface area contributed by atoms with Gasteiger partial charge in [0.05, 0.1) is 17.2 Å². The smallest absolute Gasteiger partial charge is 0.122 e. The maximum Gasteiger partial charge on any atom is 0.122 e. The average Bonchev–Trinajstić information content (AvgIpc) is 3.01. The molecule has 2 rings (SSSR count). The second kappa shape index (κ2) is 6.32. The van der Waals surface area contributed by atoms with E-state index in [0.29, 0.717) is 6.54 Å². The molecule has 1 atom stereocenters. The molecule has 1 unspecified atom stereocenters. The van der Waals surface area contributed by atoms with Gasteiger partial charge in [-0.2, -0.15) is 0 Å². The Morgan fingerprint density at radius 2 is 2.26 bits per heavy atom. The topological polar surface area (TPSA) is 55.3 Å². The molecule has 0 aromatic carbocycles. The first-order valence-corrected chi connectivity index (χ1v) is 7.41. The lowest BCUT2D eigenvalue weighted by atomic mass is 10.2. The number of nitrogens with zero attached hydrogens (tertiary/aromatic N) is 2. The number of aromatic nitrogens is 1. The predicted molar refractivity (Wildman–Crippen MR) is 78.2 cm³/mol. The van der Waals surface area contributed by atoms with E-state index in [1.54, 1.807) is 11.3 Å². The molecule has 104 valence electrons. The van der Waals surface area contributed by atoms with Crippen LogP contribution in [0.1, 0.15) is 35.1 Å². The third-order valence-electron chi connectivity index (χ3n) is 3.35. The van der Waals surface area contributed by atoms with E-state index in [1.165, 1.54) is 4.88 Å². The summed E-state index contributed by atoms with van der Waals surface area (Å²) < 4.78 is 5.82. The first-order valence-electron chi connectivity index (χ1n) is 6.53. The van der Waals surface area contributed by atoms with Crippen molar-refractivity contribution in [3.8, 4) is 0 Å². The average molecular weight is 279 g/mol. The highest BCUT2D eigenvalue weighted by Crippen LogP contribution is 2.24. The van der Waals surface area contributed by atoms with Gasteiger partial charge in [-0.25, -0.2) is 4.98 Å². The lowest BCUT2D eigenvalue weighted by Crippen LogP contribution is -2.29. The molecule has 19 heavy (non-hydrogen) atoms. The van der Waals surface area contributed by atoms with E-state index in [0.717, 1.165) is 30.2 Å². The van der Waals surface area contributed by atoms with Gasteiger partial charge in [-0.15, -0.1) is 11.3 Å². The van der Waals surface area contributed by atoms with Crippen LogP contribution < -0.4 is 5.73 Å². The quantitative estimate of drug-likeness (QED) is 0.883. The van der Waals surface area contributed by atoms with Crippen molar-refractivity contribution in [2.75, 3.05) is 13.6 Å². The zero-order chi connectivity index (χ0) is 13.8. The van der Waals surface area contributed by atoms with Crippen LogP contribution in [0.5, 0.6) is 0 Å². The van der Waals surface area contributed by atoms with Crippen molar-refractivity contribution in [3.63, 3.8) is 0 Å². The van der Waals surface area contributed by atoms with Crippen molar-refractivity contribution in [3.05, 3.63) is 39.7 Å². The summed E-state index contributed by atoms with van der Waals surface area (Å²) in [5.74, 6) is 1.96. The number of thiazole rings is 1. The molecule has 0 amide bonds. The minimum atomic E-state index is 0.113. The number of aryl methyl sites for hydroxylation is 2. The van der Waals surface area contributed by atoms with Gasteiger partial charge in [-0.05, 0) is 26.1 Å². The number of rotatable bonds is 6. The summed E-state index contributed by atoms with van der Waals surface area (Å²) in [6, 6.07) is 4.18. The molecule has 2 aromatic heterocycles. The van der Waals surface area contributed by atoms with Crippen molar-refractivity contribution < 1.29 is 4.42 Å². The zero-order valence-electron chi connectivity index (χ0n) is 11.7. The third-order valence-corrected chi connectivity index (χ3v) is 4.27. The van der Waals surface area contributed by atoms with E-state index in [-0.39, 0.29) is 6.04 Å². The lowest BCUT2D eigenvalue weighted by Gasteiger charge is -2.24. The fourth-order valence-electron chi connectivity index (χ4n) is 2.09. The van der Waals surface area contributed by atoms with Gasteiger partial charge < -0.3 is 10.2 Å². The highest BCUT2D eigenvalue weighted by Gasteiger charge is 2.20. The van der Waals surface area contributed by atoms with Gasteiger partial charge in [0.25, 0.3) is 0 Å². The van der Waals surface area contributed by atoms with Crippen molar-refractivity contribution in [1.82, 2.24) is 9.88 Å². The standard InChI is InChI=1S/C14H21N3OS/c1-4-11-5-6-13(18-11)12(7-15)17(3)8-14-10(2)16-9-19-14/h5-6,9,12H,4,7-8,15H2,1-3H3. The number of furan rings is 1. The molecule has 0 aliphatic carbocycles. The summed E-state index contributed by atoms with van der Waals surface area (Å²) in [6.45, 7) is 5.52. The van der Waals surface area contributed by atoms with Crippen LogP contribution >= 0.6 is 11.3 Å². The van der Waals surface area contributed by atoms with Crippen LogP contribution in [0.25, 0.3) is 0 Å². The van der Waals surface area contributed by atoms with E-state index >= 15 is 0 Å². The molecule has 2 N–H and O–H groups in total. The van der Waals surface area contributed by atoms with Gasteiger partial charge in [-0.3, -0.25) is 4.90 Å². The number of likely N-dealkylation sites (N-methyl/N-ethyl adjacent to an activating group) is 1. The van der Waals surface area contributed by atoms with Crippen molar-refractivity contribution in [2.45, 2.75) is 32.9 Å². The summed E-state index contributed by atoms with van der Waals surface area (Å²) >= 11 is 1.69. The summed E-state index contributed by atoms with van der Waals surface area (Å²) in [5, 5.41) is 0. The van der Waals surface area contributed by atoms with Gasteiger partial charge in [0, 0.05) is 24.4 Å². The van der Waals surface area contributed by atoms with E-state index in [2.05, 4.69) is 23.9 Å². The first-order chi connectivity index (χ1) is 9.15. The molecule has 0 saturated carbocycles. The van der Waals surface area contributed by atoms with Crippen molar-refractivity contribution in [1.29, 1.82) is 0 Å².